The van der Waals surface area contributed by atoms with Gasteiger partial charge in [0.25, 0.3) is 0 Å². The Balaban J connectivity index is 0.000000791. The first-order valence-corrected chi connectivity index (χ1v) is 5.78. The molecular weight excluding hydrogens is 168 g/mol. The molecular formula is C14H24. The Kier molecular flexibility index (Phi) is 6.27. The maximum absolute atomic E-state index is 2.34. The van der Waals surface area contributed by atoms with Crippen molar-refractivity contribution in [3.63, 3.8) is 0 Å². The van der Waals surface area contributed by atoms with E-state index in [4.69, 9.17) is 0 Å². The minimum atomic E-state index is 1.15. The largest absolute Gasteiger partial charge is 0.0683 e. The summed E-state index contributed by atoms with van der Waals surface area (Å²) in [4.78, 5) is 0. The van der Waals surface area contributed by atoms with Crippen molar-refractivity contribution >= 4 is 0 Å². The van der Waals surface area contributed by atoms with Crippen LogP contribution in [0.2, 0.25) is 0 Å². The highest BCUT2D eigenvalue weighted by Gasteiger charge is 2.00. The molecule has 0 N–H and O–H groups in total. The maximum atomic E-state index is 2.34. The van der Waals surface area contributed by atoms with Gasteiger partial charge in [-0.3, -0.25) is 0 Å². The van der Waals surface area contributed by atoms with E-state index < -0.39 is 0 Å². The SMILES string of the molecule is CC.CCc1cc(C)c(C)c(CC)c1. The molecule has 0 heteroatoms. The van der Waals surface area contributed by atoms with Crippen molar-refractivity contribution in [1.29, 1.82) is 0 Å². The normalized spacial score (nSPS) is 9.29. The average Bonchev–Trinajstić information content (AvgIpc) is 2.24. The van der Waals surface area contributed by atoms with E-state index in [1.54, 1.807) is 0 Å². The van der Waals surface area contributed by atoms with Crippen LogP contribution in [0, 0.1) is 13.8 Å². The van der Waals surface area contributed by atoms with Crippen LogP contribution in [0.25, 0.3) is 0 Å². The summed E-state index contributed by atoms with van der Waals surface area (Å²) in [6, 6.07) is 4.64. The summed E-state index contributed by atoms with van der Waals surface area (Å²) in [5.41, 5.74) is 5.88. The number of hydrogen-bond donors (Lipinski definition) is 0. The van der Waals surface area contributed by atoms with Crippen molar-refractivity contribution in [1.82, 2.24) is 0 Å². The van der Waals surface area contributed by atoms with Crippen LogP contribution < -0.4 is 0 Å². The first-order chi connectivity index (χ1) is 6.69. The first-order valence-electron chi connectivity index (χ1n) is 5.78. The van der Waals surface area contributed by atoms with Crippen molar-refractivity contribution in [3.05, 3.63) is 34.4 Å². The predicted molar refractivity (Wildman–Crippen MR) is 66.0 cm³/mol. The molecule has 0 spiro atoms. The molecule has 14 heavy (non-hydrogen) atoms. The van der Waals surface area contributed by atoms with Crippen molar-refractivity contribution in [2.45, 2.75) is 54.4 Å². The minimum Gasteiger partial charge on any atom is -0.0683 e. The third kappa shape index (κ3) is 3.17. The quantitative estimate of drug-likeness (QED) is 0.649. The van der Waals surface area contributed by atoms with Crippen molar-refractivity contribution < 1.29 is 0 Å². The van der Waals surface area contributed by atoms with Crippen molar-refractivity contribution in [3.8, 4) is 0 Å². The van der Waals surface area contributed by atoms with E-state index in [2.05, 4.69) is 39.8 Å². The molecule has 0 bridgehead atoms. The van der Waals surface area contributed by atoms with Gasteiger partial charge in [-0.25, -0.2) is 0 Å². The maximum Gasteiger partial charge on any atom is -0.0305 e. The van der Waals surface area contributed by atoms with E-state index >= 15 is 0 Å². The van der Waals surface area contributed by atoms with E-state index in [-0.39, 0.29) is 0 Å². The second-order valence-corrected chi connectivity index (χ2v) is 3.40. The van der Waals surface area contributed by atoms with Gasteiger partial charge in [0.05, 0.1) is 0 Å². The van der Waals surface area contributed by atoms with Crippen molar-refractivity contribution in [2.24, 2.45) is 0 Å². The Morgan fingerprint density at radius 3 is 1.93 bits per heavy atom. The molecule has 0 atom stereocenters. The lowest BCUT2D eigenvalue weighted by molar-refractivity contribution is 1.05. The molecule has 1 aromatic rings. The van der Waals surface area contributed by atoms with E-state index in [0.717, 1.165) is 12.8 Å². The summed E-state index contributed by atoms with van der Waals surface area (Å²) in [5.74, 6) is 0. The van der Waals surface area contributed by atoms with E-state index in [1.807, 2.05) is 13.8 Å². The van der Waals surface area contributed by atoms with Gasteiger partial charge in [-0.05, 0) is 48.9 Å². The number of benzene rings is 1. The van der Waals surface area contributed by atoms with E-state index in [9.17, 15) is 0 Å². The van der Waals surface area contributed by atoms with Crippen LogP contribution in [0.4, 0.5) is 0 Å². The lowest BCUT2D eigenvalue weighted by Gasteiger charge is -2.09. The molecule has 0 aliphatic heterocycles. The van der Waals surface area contributed by atoms with Crippen LogP contribution in [0.15, 0.2) is 12.1 Å². The zero-order valence-electron chi connectivity index (χ0n) is 10.6. The van der Waals surface area contributed by atoms with Crippen LogP contribution in [-0.2, 0) is 12.8 Å². The minimum absolute atomic E-state index is 1.15. The molecule has 1 rings (SSSR count). The second kappa shape index (κ2) is 6.64. The number of hydrogen-bond acceptors (Lipinski definition) is 0. The fourth-order valence-electron chi connectivity index (χ4n) is 1.58. The molecule has 0 heterocycles. The fourth-order valence-corrected chi connectivity index (χ4v) is 1.58. The molecule has 0 saturated heterocycles. The summed E-state index contributed by atoms with van der Waals surface area (Å²) in [7, 11) is 0. The lowest BCUT2D eigenvalue weighted by atomic mass is 9.97. The molecule has 0 aromatic heterocycles. The lowest BCUT2D eigenvalue weighted by Crippen LogP contribution is -1.93. The zero-order chi connectivity index (χ0) is 11.1. The fraction of sp³-hybridized carbons (Fsp3) is 0.571. The Morgan fingerprint density at radius 1 is 0.929 bits per heavy atom. The molecule has 0 saturated carbocycles. The Hall–Kier alpha value is -0.780. The third-order valence-electron chi connectivity index (χ3n) is 2.62. The standard InChI is InChI=1S/C12H18.C2H6/c1-5-11-7-9(3)10(4)12(6-2)8-11;1-2/h7-8H,5-6H2,1-4H3;1-2H3. The highest BCUT2D eigenvalue weighted by Crippen LogP contribution is 2.17. The topological polar surface area (TPSA) is 0 Å². The van der Waals surface area contributed by atoms with Gasteiger partial charge in [-0.2, -0.15) is 0 Å². The van der Waals surface area contributed by atoms with Gasteiger partial charge in [0.2, 0.25) is 0 Å². The molecule has 0 aliphatic carbocycles. The van der Waals surface area contributed by atoms with Gasteiger partial charge in [-0.15, -0.1) is 0 Å². The van der Waals surface area contributed by atoms with Gasteiger partial charge < -0.3 is 0 Å². The van der Waals surface area contributed by atoms with Gasteiger partial charge in [0, 0.05) is 0 Å². The summed E-state index contributed by atoms with van der Waals surface area (Å²) < 4.78 is 0. The molecule has 0 radical (unpaired) electrons. The summed E-state index contributed by atoms with van der Waals surface area (Å²) >= 11 is 0. The van der Waals surface area contributed by atoms with Crippen LogP contribution in [-0.4, -0.2) is 0 Å². The molecule has 0 fully saturated rings. The molecule has 80 valence electrons. The smallest absolute Gasteiger partial charge is 0.0305 e. The highest BCUT2D eigenvalue weighted by atomic mass is 14.1. The Labute approximate surface area is 89.4 Å². The second-order valence-electron chi connectivity index (χ2n) is 3.40. The molecule has 0 unspecified atom stereocenters. The summed E-state index contributed by atoms with van der Waals surface area (Å²) in [5, 5.41) is 0. The Morgan fingerprint density at radius 2 is 1.50 bits per heavy atom. The first kappa shape index (κ1) is 13.2. The predicted octanol–water partition coefficient (Wildman–Crippen LogP) is 4.45. The third-order valence-corrected chi connectivity index (χ3v) is 2.62. The summed E-state index contributed by atoms with van der Waals surface area (Å²) in [6.45, 7) is 12.9. The molecule has 0 nitrogen and oxygen atoms in total. The monoisotopic (exact) mass is 192 g/mol. The molecule has 0 aliphatic rings. The summed E-state index contributed by atoms with van der Waals surface area (Å²) in [6.07, 6.45) is 2.30. The van der Waals surface area contributed by atoms with Crippen LogP contribution >= 0.6 is 0 Å². The number of rotatable bonds is 2. The van der Waals surface area contributed by atoms with Crippen LogP contribution in [0.5, 0.6) is 0 Å². The van der Waals surface area contributed by atoms with Gasteiger partial charge >= 0.3 is 0 Å². The van der Waals surface area contributed by atoms with E-state index in [0.29, 0.717) is 0 Å². The van der Waals surface area contributed by atoms with E-state index in [1.165, 1.54) is 22.3 Å². The highest BCUT2D eigenvalue weighted by molar-refractivity contribution is 5.37. The Bertz CT molecular complexity index is 272. The zero-order valence-corrected chi connectivity index (χ0v) is 10.6. The number of aryl methyl sites for hydroxylation is 3. The van der Waals surface area contributed by atoms with Crippen molar-refractivity contribution in [2.75, 3.05) is 0 Å². The van der Waals surface area contributed by atoms with Gasteiger partial charge in [-0.1, -0.05) is 39.8 Å². The average molecular weight is 192 g/mol. The van der Waals surface area contributed by atoms with Gasteiger partial charge in [0.1, 0.15) is 0 Å². The van der Waals surface area contributed by atoms with Crippen LogP contribution in [0.3, 0.4) is 0 Å². The van der Waals surface area contributed by atoms with Crippen LogP contribution in [0.1, 0.15) is 49.9 Å². The molecule has 0 amide bonds. The van der Waals surface area contributed by atoms with Gasteiger partial charge in [0.15, 0.2) is 0 Å². The molecule has 1 aromatic carbocycles.